The van der Waals surface area contributed by atoms with Crippen molar-refractivity contribution < 1.29 is 0 Å². The number of aromatic amines is 1. The van der Waals surface area contributed by atoms with Gasteiger partial charge in [0.25, 0.3) is 0 Å². The third-order valence-corrected chi connectivity index (χ3v) is 5.64. The van der Waals surface area contributed by atoms with E-state index >= 15 is 0 Å². The van der Waals surface area contributed by atoms with Crippen LogP contribution in [0.25, 0.3) is 10.9 Å². The molecule has 0 bridgehead atoms. The first kappa shape index (κ1) is 14.5. The van der Waals surface area contributed by atoms with E-state index in [9.17, 15) is 0 Å². The fourth-order valence-electron chi connectivity index (χ4n) is 3.33. The number of hydrogen-bond acceptors (Lipinski definition) is 3. The number of rotatable bonds is 6. The van der Waals surface area contributed by atoms with Gasteiger partial charge in [0.1, 0.15) is 0 Å². The Morgan fingerprint density at radius 2 is 2.30 bits per heavy atom. The molecule has 3 aromatic rings. The average Bonchev–Trinajstić information content (AvgIpc) is 3.00. The number of thiophene rings is 1. The number of nitrogens with zero attached hydrogens (tertiary/aromatic N) is 1. The van der Waals surface area contributed by atoms with E-state index in [1.54, 1.807) is 0 Å². The van der Waals surface area contributed by atoms with Crippen molar-refractivity contribution in [2.45, 2.75) is 18.8 Å². The monoisotopic (exact) mass is 321 g/mol. The number of H-pyrrole nitrogens is 1. The third kappa shape index (κ3) is 3.03. The summed E-state index contributed by atoms with van der Waals surface area (Å²) in [5.41, 5.74) is 3.25. The second kappa shape index (κ2) is 6.19. The second-order valence-electron chi connectivity index (χ2n) is 6.25. The largest absolute Gasteiger partial charge is 0.361 e. The number of hydrogen-bond donors (Lipinski definition) is 2. The highest BCUT2D eigenvalue weighted by Gasteiger charge is 2.39. The zero-order chi connectivity index (χ0) is 15.6. The van der Waals surface area contributed by atoms with Gasteiger partial charge in [-0.25, -0.2) is 0 Å². The van der Waals surface area contributed by atoms with Gasteiger partial charge >= 0.3 is 0 Å². The van der Waals surface area contributed by atoms with Crippen LogP contribution in [0.15, 0.2) is 41.9 Å². The van der Waals surface area contributed by atoms with Crippen molar-refractivity contribution in [1.29, 1.82) is 5.26 Å². The molecule has 0 spiro atoms. The third-order valence-electron chi connectivity index (χ3n) is 4.70. The van der Waals surface area contributed by atoms with Gasteiger partial charge in [-0.15, -0.1) is 11.3 Å². The minimum absolute atomic E-state index is 0.631. The number of aromatic nitrogens is 1. The second-order valence-corrected chi connectivity index (χ2v) is 7.28. The molecule has 2 heterocycles. The van der Waals surface area contributed by atoms with E-state index in [2.05, 4.69) is 40.1 Å². The Hall–Kier alpha value is -2.09. The molecule has 4 heteroatoms. The summed E-state index contributed by atoms with van der Waals surface area (Å²) in [5.74, 6) is 1.36. The topological polar surface area (TPSA) is 51.6 Å². The van der Waals surface area contributed by atoms with Crippen LogP contribution < -0.4 is 5.32 Å². The molecule has 2 N–H and O–H groups in total. The van der Waals surface area contributed by atoms with Gasteiger partial charge in [0.2, 0.25) is 0 Å². The van der Waals surface area contributed by atoms with Crippen LogP contribution in [0.2, 0.25) is 0 Å². The summed E-state index contributed by atoms with van der Waals surface area (Å²) in [6.07, 6.45) is 4.49. The van der Waals surface area contributed by atoms with Gasteiger partial charge < -0.3 is 10.3 Å². The standard InChI is InChI=1S/C19H19N3S/c20-10-13-3-4-19-17(8-13)18(12-22-19)16-9-14(16)11-21-6-5-15-2-1-7-23-15/h1-4,7-8,12,14,16,21-22H,5-6,9,11H2/t14-,16+/m0/s1. The molecule has 1 aliphatic carbocycles. The molecule has 1 fully saturated rings. The van der Waals surface area contributed by atoms with Gasteiger partial charge in [0.15, 0.2) is 0 Å². The summed E-state index contributed by atoms with van der Waals surface area (Å²) in [7, 11) is 0. The van der Waals surface area contributed by atoms with Crippen LogP contribution in [0, 0.1) is 17.2 Å². The zero-order valence-corrected chi connectivity index (χ0v) is 13.7. The molecule has 1 saturated carbocycles. The summed E-state index contributed by atoms with van der Waals surface area (Å²) in [6.45, 7) is 2.14. The molecule has 0 radical (unpaired) electrons. The summed E-state index contributed by atoms with van der Waals surface area (Å²) in [5, 5.41) is 16.0. The van der Waals surface area contributed by atoms with Crippen molar-refractivity contribution in [3.63, 3.8) is 0 Å². The minimum Gasteiger partial charge on any atom is -0.361 e. The molecule has 0 unspecified atom stereocenters. The number of fused-ring (bicyclic) bond motifs is 1. The summed E-state index contributed by atoms with van der Waals surface area (Å²) in [4.78, 5) is 4.79. The Bertz CT molecular complexity index is 841. The lowest BCUT2D eigenvalue weighted by molar-refractivity contribution is 0.629. The van der Waals surface area contributed by atoms with Crippen molar-refractivity contribution in [2.24, 2.45) is 5.92 Å². The smallest absolute Gasteiger partial charge is 0.0991 e. The normalized spacial score (nSPS) is 19.8. The van der Waals surface area contributed by atoms with E-state index in [4.69, 9.17) is 5.26 Å². The molecule has 116 valence electrons. The maximum Gasteiger partial charge on any atom is 0.0991 e. The fourth-order valence-corrected chi connectivity index (χ4v) is 4.04. The minimum atomic E-state index is 0.631. The lowest BCUT2D eigenvalue weighted by Crippen LogP contribution is -2.20. The van der Waals surface area contributed by atoms with Crippen molar-refractivity contribution in [1.82, 2.24) is 10.3 Å². The molecule has 0 aliphatic heterocycles. The molecule has 23 heavy (non-hydrogen) atoms. The Labute approximate surface area is 140 Å². The molecule has 0 saturated heterocycles. The van der Waals surface area contributed by atoms with Crippen molar-refractivity contribution in [3.05, 3.63) is 57.9 Å². The van der Waals surface area contributed by atoms with E-state index in [1.807, 2.05) is 29.5 Å². The Morgan fingerprint density at radius 3 is 3.13 bits per heavy atom. The van der Waals surface area contributed by atoms with Crippen molar-refractivity contribution in [2.75, 3.05) is 13.1 Å². The van der Waals surface area contributed by atoms with Gasteiger partial charge in [-0.2, -0.15) is 5.26 Å². The first-order valence-corrected chi connectivity index (χ1v) is 8.97. The average molecular weight is 321 g/mol. The highest BCUT2D eigenvalue weighted by molar-refractivity contribution is 7.09. The van der Waals surface area contributed by atoms with E-state index in [-0.39, 0.29) is 0 Å². The highest BCUT2D eigenvalue weighted by atomic mass is 32.1. The first-order chi connectivity index (χ1) is 11.3. The lowest BCUT2D eigenvalue weighted by Gasteiger charge is -2.03. The Morgan fingerprint density at radius 1 is 1.35 bits per heavy atom. The number of nitrogens with one attached hydrogen (secondary N) is 2. The van der Waals surface area contributed by atoms with Crippen LogP contribution >= 0.6 is 11.3 Å². The van der Waals surface area contributed by atoms with Crippen molar-refractivity contribution >= 4 is 22.2 Å². The summed E-state index contributed by atoms with van der Waals surface area (Å²) < 4.78 is 0. The number of benzene rings is 1. The van der Waals surface area contributed by atoms with Gasteiger partial charge in [-0.3, -0.25) is 0 Å². The fraction of sp³-hybridized carbons (Fsp3) is 0.316. The molecule has 1 aromatic carbocycles. The van der Waals surface area contributed by atoms with Crippen LogP contribution in [-0.2, 0) is 6.42 Å². The van der Waals surface area contributed by atoms with E-state index < -0.39 is 0 Å². The zero-order valence-electron chi connectivity index (χ0n) is 12.9. The highest BCUT2D eigenvalue weighted by Crippen LogP contribution is 2.49. The predicted molar refractivity (Wildman–Crippen MR) is 94.8 cm³/mol. The van der Waals surface area contributed by atoms with Gasteiger partial charge in [0.05, 0.1) is 11.6 Å². The van der Waals surface area contributed by atoms with E-state index in [0.717, 1.165) is 36.5 Å². The van der Waals surface area contributed by atoms with Crippen LogP contribution in [-0.4, -0.2) is 18.1 Å². The molecule has 1 aliphatic rings. The first-order valence-electron chi connectivity index (χ1n) is 8.09. The SMILES string of the molecule is N#Cc1ccc2[nH]cc([C@@H]3C[C@H]3CNCCc3cccs3)c2c1. The molecular weight excluding hydrogens is 302 g/mol. The summed E-state index contributed by atoms with van der Waals surface area (Å²) >= 11 is 1.83. The lowest BCUT2D eigenvalue weighted by atomic mass is 10.1. The maximum atomic E-state index is 9.08. The van der Waals surface area contributed by atoms with E-state index in [0.29, 0.717) is 5.92 Å². The van der Waals surface area contributed by atoms with Crippen LogP contribution in [0.3, 0.4) is 0 Å². The quantitative estimate of drug-likeness (QED) is 0.673. The van der Waals surface area contributed by atoms with Gasteiger partial charge in [-0.05, 0) is 73.0 Å². The van der Waals surface area contributed by atoms with Crippen LogP contribution in [0.5, 0.6) is 0 Å². The van der Waals surface area contributed by atoms with Gasteiger partial charge in [-0.1, -0.05) is 6.07 Å². The molecule has 3 nitrogen and oxygen atoms in total. The Balaban J connectivity index is 1.35. The van der Waals surface area contributed by atoms with E-state index in [1.165, 1.54) is 22.2 Å². The molecule has 0 amide bonds. The van der Waals surface area contributed by atoms with Gasteiger partial charge in [0, 0.05) is 22.0 Å². The van der Waals surface area contributed by atoms with Crippen LogP contribution in [0.1, 0.15) is 28.3 Å². The summed E-state index contributed by atoms with van der Waals surface area (Å²) in [6, 6.07) is 12.4. The molecule has 2 aromatic heterocycles. The molecular formula is C19H19N3S. The van der Waals surface area contributed by atoms with Crippen LogP contribution in [0.4, 0.5) is 0 Å². The maximum absolute atomic E-state index is 9.08. The Kier molecular flexibility index (Phi) is 3.90. The number of nitriles is 1. The molecule has 2 atom stereocenters. The predicted octanol–water partition coefficient (Wildman–Crippen LogP) is 4.04. The molecule has 4 rings (SSSR count). The van der Waals surface area contributed by atoms with Crippen molar-refractivity contribution in [3.8, 4) is 6.07 Å².